The van der Waals surface area contributed by atoms with Gasteiger partial charge in [-0.05, 0) is 6.08 Å². The Labute approximate surface area is 45.3 Å². The topological polar surface area (TPSA) is 26.3 Å². The Hall–Kier alpha value is -0.930. The van der Waals surface area contributed by atoms with Crippen molar-refractivity contribution in [2.24, 2.45) is 0 Å². The molecule has 48 valence electrons. The maximum Gasteiger partial charge on any atom is 0.295 e. The number of carbonyl (C=O) groups is 1. The fraction of sp³-hybridized carbons (Fsp3) is 0.250. The Balaban J connectivity index is 0. The molecule has 0 aromatic heterocycles. The van der Waals surface area contributed by atoms with Crippen LogP contribution >= 0.6 is 0 Å². The molecule has 0 heterocycles. The highest BCUT2D eigenvalue weighted by molar-refractivity contribution is 5.37. The van der Waals surface area contributed by atoms with Gasteiger partial charge in [-0.3, -0.25) is 9.50 Å². The van der Waals surface area contributed by atoms with Gasteiger partial charge in [0.05, 0.1) is 0 Å². The highest BCUT2D eigenvalue weighted by atomic mass is 19.1. The van der Waals surface area contributed by atoms with Crippen LogP contribution in [0.1, 0.15) is 0 Å². The molecule has 0 spiro atoms. The van der Waals surface area contributed by atoms with Gasteiger partial charge in [0.2, 0.25) is 0 Å². The molecule has 0 radical (unpaired) electrons. The first kappa shape index (κ1) is 10.1. The summed E-state index contributed by atoms with van der Waals surface area (Å²) in [5, 5.41) is 0. The molecule has 0 N–H and O–H groups in total. The first-order valence-corrected chi connectivity index (χ1v) is 1.67. The number of carbonyl (C=O) groups excluding carboxylic acids is 1. The van der Waals surface area contributed by atoms with Crippen LogP contribution in [0.15, 0.2) is 12.7 Å². The Morgan fingerprint density at radius 1 is 1.75 bits per heavy atom. The maximum absolute atomic E-state index is 11.6. The van der Waals surface area contributed by atoms with Gasteiger partial charge < -0.3 is 4.74 Å². The van der Waals surface area contributed by atoms with Crippen LogP contribution in [-0.4, -0.2) is 12.8 Å². The predicted octanol–water partition coefficient (Wildman–Crippen LogP) is 0.793. The Morgan fingerprint density at radius 2 is 2.25 bits per heavy atom. The van der Waals surface area contributed by atoms with Crippen LogP contribution in [0.2, 0.25) is 0 Å². The molecule has 0 rings (SSSR count). The summed E-state index contributed by atoms with van der Waals surface area (Å²) in [7, 11) is 0. The molecule has 1 atom stereocenters. The Kier molecular flexibility index (Phi) is 7.69. The number of rotatable bonds is 3. The first-order valence-electron chi connectivity index (χ1n) is 1.67. The monoisotopic (exact) mass is 124 g/mol. The summed E-state index contributed by atoms with van der Waals surface area (Å²) < 4.78 is 15.3. The van der Waals surface area contributed by atoms with Gasteiger partial charge in [0.15, 0.2) is 0 Å². The van der Waals surface area contributed by atoms with Crippen LogP contribution in [0.5, 0.6) is 0 Å². The number of halogens is 2. The van der Waals surface area contributed by atoms with Crippen molar-refractivity contribution < 1.29 is 18.6 Å². The molecule has 0 aliphatic rings. The standard InChI is InChI=1S/C4H5FO2.FH/c1-2-4(5)7-3-6;/h2-4H,1H2;1H. The Morgan fingerprint density at radius 3 is 2.38 bits per heavy atom. The lowest BCUT2D eigenvalue weighted by molar-refractivity contribution is -0.137. The van der Waals surface area contributed by atoms with E-state index in [2.05, 4.69) is 11.3 Å². The van der Waals surface area contributed by atoms with Gasteiger partial charge in [-0.25, -0.2) is 0 Å². The molecule has 0 aromatic rings. The molecule has 0 fully saturated rings. The average molecular weight is 124 g/mol. The first-order chi connectivity index (χ1) is 3.31. The molecule has 8 heavy (non-hydrogen) atoms. The smallest absolute Gasteiger partial charge is 0.295 e. The molecular weight excluding hydrogens is 118 g/mol. The summed E-state index contributed by atoms with van der Waals surface area (Å²) in [4.78, 5) is 9.26. The van der Waals surface area contributed by atoms with Gasteiger partial charge >= 0.3 is 0 Å². The largest absolute Gasteiger partial charge is 0.430 e. The SMILES string of the molecule is C=CC(F)OC=O.F. The minimum absolute atomic E-state index is 0. The van der Waals surface area contributed by atoms with Crippen molar-refractivity contribution in [2.75, 3.05) is 0 Å². The molecule has 1 unspecified atom stereocenters. The zero-order chi connectivity index (χ0) is 5.70. The van der Waals surface area contributed by atoms with Gasteiger partial charge in [0.1, 0.15) is 0 Å². The normalized spacial score (nSPS) is 10.6. The lowest BCUT2D eigenvalue weighted by Crippen LogP contribution is -1.98. The average Bonchev–Trinajstić information content (AvgIpc) is 1.68. The van der Waals surface area contributed by atoms with E-state index < -0.39 is 6.36 Å². The number of ether oxygens (including phenoxy) is 1. The van der Waals surface area contributed by atoms with Crippen molar-refractivity contribution in [1.82, 2.24) is 0 Å². The predicted molar refractivity (Wildman–Crippen MR) is 24.7 cm³/mol. The maximum atomic E-state index is 11.6. The van der Waals surface area contributed by atoms with Crippen molar-refractivity contribution in [3.63, 3.8) is 0 Å². The van der Waals surface area contributed by atoms with Gasteiger partial charge in [0, 0.05) is 0 Å². The summed E-state index contributed by atoms with van der Waals surface area (Å²) in [6, 6.07) is 0. The fourth-order valence-corrected chi connectivity index (χ4v) is 0.109. The van der Waals surface area contributed by atoms with Crippen LogP contribution < -0.4 is 0 Å². The molecule has 0 bridgehead atoms. The summed E-state index contributed by atoms with van der Waals surface area (Å²) in [6.45, 7) is 3.05. The van der Waals surface area contributed by atoms with E-state index in [1.165, 1.54) is 0 Å². The van der Waals surface area contributed by atoms with E-state index in [0.29, 0.717) is 0 Å². The number of hydrogen-bond donors (Lipinski definition) is 0. The zero-order valence-electron chi connectivity index (χ0n) is 4.04. The van der Waals surface area contributed by atoms with Gasteiger partial charge in [-0.1, -0.05) is 6.58 Å². The summed E-state index contributed by atoms with van der Waals surface area (Å²) >= 11 is 0. The second kappa shape index (κ2) is 6.07. The molecule has 0 aromatic carbocycles. The van der Waals surface area contributed by atoms with Gasteiger partial charge in [-0.2, -0.15) is 4.39 Å². The van der Waals surface area contributed by atoms with Crippen molar-refractivity contribution >= 4 is 6.47 Å². The van der Waals surface area contributed by atoms with E-state index in [1.54, 1.807) is 0 Å². The third-order valence-corrected chi connectivity index (χ3v) is 0.371. The molecule has 0 amide bonds. The lowest BCUT2D eigenvalue weighted by Gasteiger charge is -1.93. The molecule has 0 aliphatic carbocycles. The molecule has 4 heteroatoms. The quantitative estimate of drug-likeness (QED) is 0.410. The number of alkyl halides is 1. The van der Waals surface area contributed by atoms with E-state index in [-0.39, 0.29) is 11.2 Å². The van der Waals surface area contributed by atoms with Crippen LogP contribution in [0.25, 0.3) is 0 Å². The molecular formula is C4H6F2O2. The van der Waals surface area contributed by atoms with E-state index in [9.17, 15) is 9.18 Å². The van der Waals surface area contributed by atoms with Gasteiger partial charge in [-0.15, -0.1) is 0 Å². The summed E-state index contributed by atoms with van der Waals surface area (Å²) in [5.41, 5.74) is 0. The minimum atomic E-state index is -1.66. The summed E-state index contributed by atoms with van der Waals surface area (Å²) in [5.74, 6) is 0. The van der Waals surface area contributed by atoms with E-state index >= 15 is 0 Å². The van der Waals surface area contributed by atoms with E-state index in [1.807, 2.05) is 0 Å². The van der Waals surface area contributed by atoms with Crippen LogP contribution in [-0.2, 0) is 9.53 Å². The molecule has 0 saturated heterocycles. The third kappa shape index (κ3) is 5.07. The highest BCUT2D eigenvalue weighted by Crippen LogP contribution is 1.88. The Bertz CT molecular complexity index is 74.4. The number of hydrogen-bond acceptors (Lipinski definition) is 2. The molecule has 2 nitrogen and oxygen atoms in total. The van der Waals surface area contributed by atoms with Crippen molar-refractivity contribution in [3.05, 3.63) is 12.7 Å². The van der Waals surface area contributed by atoms with Crippen molar-refractivity contribution in [3.8, 4) is 0 Å². The van der Waals surface area contributed by atoms with E-state index in [4.69, 9.17) is 0 Å². The minimum Gasteiger partial charge on any atom is -0.430 e. The van der Waals surface area contributed by atoms with Crippen molar-refractivity contribution in [1.29, 1.82) is 0 Å². The van der Waals surface area contributed by atoms with E-state index in [0.717, 1.165) is 6.08 Å². The fourth-order valence-electron chi connectivity index (χ4n) is 0.109. The molecule has 0 saturated carbocycles. The van der Waals surface area contributed by atoms with Gasteiger partial charge in [0.25, 0.3) is 12.8 Å². The second-order valence-electron chi connectivity index (χ2n) is 0.819. The van der Waals surface area contributed by atoms with Crippen LogP contribution in [0, 0.1) is 0 Å². The third-order valence-electron chi connectivity index (χ3n) is 0.371. The van der Waals surface area contributed by atoms with Crippen LogP contribution in [0.3, 0.4) is 0 Å². The second-order valence-corrected chi connectivity index (χ2v) is 0.819. The highest BCUT2D eigenvalue weighted by Gasteiger charge is 1.93. The zero-order valence-corrected chi connectivity index (χ0v) is 4.04. The molecule has 0 aliphatic heterocycles. The lowest BCUT2D eigenvalue weighted by atomic mass is 10.7. The van der Waals surface area contributed by atoms with Crippen molar-refractivity contribution in [2.45, 2.75) is 6.36 Å². The summed E-state index contributed by atoms with van der Waals surface area (Å²) in [6.07, 6.45) is -0.772. The van der Waals surface area contributed by atoms with Crippen LogP contribution in [0.4, 0.5) is 9.09 Å².